The third-order valence-electron chi connectivity index (χ3n) is 2.38. The fourth-order valence-electron chi connectivity index (χ4n) is 1.26. The van der Waals surface area contributed by atoms with Crippen molar-refractivity contribution in [1.29, 1.82) is 0 Å². The van der Waals surface area contributed by atoms with Gasteiger partial charge >= 0.3 is 5.97 Å². The van der Waals surface area contributed by atoms with Gasteiger partial charge in [-0.1, -0.05) is 0 Å². The molecule has 4 heteroatoms. The summed E-state index contributed by atoms with van der Waals surface area (Å²) in [5.41, 5.74) is 1.13. The van der Waals surface area contributed by atoms with Crippen LogP contribution in [0, 0.1) is 0 Å². The van der Waals surface area contributed by atoms with E-state index in [-0.39, 0.29) is 12.0 Å². The zero-order chi connectivity index (χ0) is 11.3. The van der Waals surface area contributed by atoms with Crippen molar-refractivity contribution in [3.05, 3.63) is 30.1 Å². The summed E-state index contributed by atoms with van der Waals surface area (Å²) in [6.45, 7) is 2.53. The summed E-state index contributed by atoms with van der Waals surface area (Å²) in [5, 5.41) is 0. The molecular weight excluding hydrogens is 192 g/mol. The Labute approximate surface area is 89.9 Å². The predicted molar refractivity (Wildman–Crippen MR) is 57.2 cm³/mol. The lowest BCUT2D eigenvalue weighted by atomic mass is 10.2. The van der Waals surface area contributed by atoms with E-state index in [1.165, 1.54) is 7.11 Å². The van der Waals surface area contributed by atoms with Gasteiger partial charge in [-0.15, -0.1) is 0 Å². The number of hydrogen-bond acceptors (Lipinski definition) is 4. The van der Waals surface area contributed by atoms with Crippen LogP contribution in [0.1, 0.15) is 12.5 Å². The molecule has 1 aromatic heterocycles. The molecule has 0 aromatic carbocycles. The zero-order valence-electron chi connectivity index (χ0n) is 9.30. The third-order valence-corrected chi connectivity index (χ3v) is 2.38. The Kier molecular flexibility index (Phi) is 4.24. The summed E-state index contributed by atoms with van der Waals surface area (Å²) in [6, 6.07) is 3.63. The maximum Gasteiger partial charge on any atom is 0.322 e. The number of pyridine rings is 1. The number of nitrogens with zero attached hydrogens (tertiary/aromatic N) is 2. The van der Waals surface area contributed by atoms with Crippen molar-refractivity contribution in [2.45, 2.75) is 19.5 Å². The van der Waals surface area contributed by atoms with E-state index in [1.54, 1.807) is 12.4 Å². The first kappa shape index (κ1) is 11.7. The number of rotatable bonds is 4. The van der Waals surface area contributed by atoms with Crippen molar-refractivity contribution < 1.29 is 9.53 Å². The van der Waals surface area contributed by atoms with Crippen molar-refractivity contribution in [3.63, 3.8) is 0 Å². The minimum Gasteiger partial charge on any atom is -0.468 e. The molecule has 0 amide bonds. The summed E-state index contributed by atoms with van der Waals surface area (Å²) in [5.74, 6) is -0.216. The van der Waals surface area contributed by atoms with Crippen LogP contribution in [0.15, 0.2) is 24.5 Å². The number of hydrogen-bond donors (Lipinski definition) is 0. The van der Waals surface area contributed by atoms with Crippen LogP contribution in [0.4, 0.5) is 0 Å². The SMILES string of the molecule is COC(=O)[C@H](C)N(C)Cc1ccncc1. The second-order valence-electron chi connectivity index (χ2n) is 3.47. The van der Waals surface area contributed by atoms with Gasteiger partial charge in [-0.3, -0.25) is 14.7 Å². The standard InChI is InChI=1S/C11H16N2O2/c1-9(11(14)15-3)13(2)8-10-4-6-12-7-5-10/h4-7,9H,8H2,1-3H3/t9-/m0/s1. The Balaban J connectivity index is 2.56. The number of likely N-dealkylation sites (N-methyl/N-ethyl adjacent to an activating group) is 1. The molecular formula is C11H16N2O2. The van der Waals surface area contributed by atoms with E-state index >= 15 is 0 Å². The monoisotopic (exact) mass is 208 g/mol. The van der Waals surface area contributed by atoms with Crippen molar-refractivity contribution in [2.24, 2.45) is 0 Å². The van der Waals surface area contributed by atoms with Crippen LogP contribution in [-0.4, -0.2) is 36.1 Å². The molecule has 0 spiro atoms. The number of aromatic nitrogens is 1. The smallest absolute Gasteiger partial charge is 0.322 e. The van der Waals surface area contributed by atoms with Gasteiger partial charge in [0.25, 0.3) is 0 Å². The van der Waals surface area contributed by atoms with Gasteiger partial charge in [-0.25, -0.2) is 0 Å². The first-order valence-corrected chi connectivity index (χ1v) is 4.82. The van der Waals surface area contributed by atoms with Gasteiger partial charge in [0.2, 0.25) is 0 Å². The number of carbonyl (C=O) groups is 1. The van der Waals surface area contributed by atoms with Gasteiger partial charge in [0.1, 0.15) is 6.04 Å². The molecule has 1 aromatic rings. The van der Waals surface area contributed by atoms with Gasteiger partial charge in [-0.05, 0) is 31.7 Å². The largest absolute Gasteiger partial charge is 0.468 e. The first-order valence-electron chi connectivity index (χ1n) is 4.82. The molecule has 0 unspecified atom stereocenters. The van der Waals surface area contributed by atoms with Crippen LogP contribution in [0.25, 0.3) is 0 Å². The molecule has 1 rings (SSSR count). The van der Waals surface area contributed by atoms with Crippen LogP contribution in [-0.2, 0) is 16.1 Å². The third kappa shape index (κ3) is 3.32. The van der Waals surface area contributed by atoms with E-state index in [0.29, 0.717) is 6.54 Å². The second kappa shape index (κ2) is 5.46. The normalized spacial score (nSPS) is 12.5. The topological polar surface area (TPSA) is 42.4 Å². The minimum absolute atomic E-state index is 0.216. The molecule has 0 N–H and O–H groups in total. The highest BCUT2D eigenvalue weighted by Crippen LogP contribution is 2.05. The van der Waals surface area contributed by atoms with Gasteiger partial charge in [-0.2, -0.15) is 0 Å². The van der Waals surface area contributed by atoms with Crippen LogP contribution in [0.5, 0.6) is 0 Å². The molecule has 0 saturated heterocycles. The second-order valence-corrected chi connectivity index (χ2v) is 3.47. The molecule has 0 bridgehead atoms. The lowest BCUT2D eigenvalue weighted by Crippen LogP contribution is -2.36. The average molecular weight is 208 g/mol. The maximum absolute atomic E-state index is 11.3. The number of esters is 1. The van der Waals surface area contributed by atoms with E-state index in [9.17, 15) is 4.79 Å². The summed E-state index contributed by atoms with van der Waals surface area (Å²) < 4.78 is 4.68. The van der Waals surface area contributed by atoms with E-state index in [1.807, 2.05) is 31.0 Å². The van der Waals surface area contributed by atoms with Gasteiger partial charge in [0.15, 0.2) is 0 Å². The van der Waals surface area contributed by atoms with E-state index in [0.717, 1.165) is 5.56 Å². The molecule has 0 aliphatic carbocycles. The predicted octanol–water partition coefficient (Wildman–Crippen LogP) is 1.07. The molecule has 4 nitrogen and oxygen atoms in total. The fourth-order valence-corrected chi connectivity index (χ4v) is 1.26. The molecule has 0 saturated carbocycles. The minimum atomic E-state index is -0.233. The molecule has 0 aliphatic rings. The number of carbonyl (C=O) groups excluding carboxylic acids is 1. The molecule has 0 fully saturated rings. The maximum atomic E-state index is 11.3. The van der Waals surface area contributed by atoms with Crippen LogP contribution >= 0.6 is 0 Å². The lowest BCUT2D eigenvalue weighted by Gasteiger charge is -2.22. The van der Waals surface area contributed by atoms with Crippen molar-refractivity contribution in [2.75, 3.05) is 14.2 Å². The molecule has 82 valence electrons. The van der Waals surface area contributed by atoms with Gasteiger partial charge in [0, 0.05) is 18.9 Å². The summed E-state index contributed by atoms with van der Waals surface area (Å²) in [6.07, 6.45) is 3.48. The van der Waals surface area contributed by atoms with Crippen LogP contribution in [0.2, 0.25) is 0 Å². The number of ether oxygens (including phenoxy) is 1. The molecule has 0 radical (unpaired) electrons. The molecule has 15 heavy (non-hydrogen) atoms. The highest BCUT2D eigenvalue weighted by molar-refractivity contribution is 5.75. The molecule has 1 heterocycles. The van der Waals surface area contributed by atoms with Crippen LogP contribution in [0.3, 0.4) is 0 Å². The highest BCUT2D eigenvalue weighted by Gasteiger charge is 2.18. The Morgan fingerprint density at radius 1 is 1.53 bits per heavy atom. The Morgan fingerprint density at radius 2 is 2.13 bits per heavy atom. The highest BCUT2D eigenvalue weighted by atomic mass is 16.5. The van der Waals surface area contributed by atoms with Crippen LogP contribution < -0.4 is 0 Å². The molecule has 0 aliphatic heterocycles. The van der Waals surface area contributed by atoms with Crippen molar-refractivity contribution >= 4 is 5.97 Å². The van der Waals surface area contributed by atoms with Crippen molar-refractivity contribution in [1.82, 2.24) is 9.88 Å². The summed E-state index contributed by atoms with van der Waals surface area (Å²) in [4.78, 5) is 17.1. The Bertz CT molecular complexity index is 314. The lowest BCUT2D eigenvalue weighted by molar-refractivity contribution is -0.145. The Morgan fingerprint density at radius 3 is 2.67 bits per heavy atom. The Hall–Kier alpha value is -1.42. The summed E-state index contributed by atoms with van der Waals surface area (Å²) in [7, 11) is 3.29. The van der Waals surface area contributed by atoms with E-state index in [4.69, 9.17) is 0 Å². The number of methoxy groups -OCH3 is 1. The van der Waals surface area contributed by atoms with Crippen molar-refractivity contribution in [3.8, 4) is 0 Å². The van der Waals surface area contributed by atoms with Gasteiger partial charge < -0.3 is 4.74 Å². The first-order chi connectivity index (χ1) is 7.15. The fraction of sp³-hybridized carbons (Fsp3) is 0.455. The van der Waals surface area contributed by atoms with Gasteiger partial charge in [0.05, 0.1) is 7.11 Å². The van der Waals surface area contributed by atoms with E-state index < -0.39 is 0 Å². The zero-order valence-corrected chi connectivity index (χ0v) is 9.30. The average Bonchev–Trinajstić information content (AvgIpc) is 2.28. The molecule has 1 atom stereocenters. The summed E-state index contributed by atoms with van der Waals surface area (Å²) >= 11 is 0. The quantitative estimate of drug-likeness (QED) is 0.694. The van der Waals surface area contributed by atoms with E-state index in [2.05, 4.69) is 9.72 Å².